The number of methoxy groups -OCH3 is 2. The van der Waals surface area contributed by atoms with E-state index in [0.29, 0.717) is 26.3 Å². The van der Waals surface area contributed by atoms with Crippen LogP contribution >= 0.6 is 0 Å². The van der Waals surface area contributed by atoms with E-state index in [1.807, 2.05) is 0 Å². The minimum absolute atomic E-state index is 0.283. The fourth-order valence-corrected chi connectivity index (χ4v) is 2.37. The summed E-state index contributed by atoms with van der Waals surface area (Å²) in [5.74, 6) is -3.57. The molecule has 26 heavy (non-hydrogen) atoms. The van der Waals surface area contributed by atoms with Crippen molar-refractivity contribution in [2.75, 3.05) is 40.5 Å². The third-order valence-corrected chi connectivity index (χ3v) is 3.85. The lowest BCUT2D eigenvalue weighted by Crippen LogP contribution is -2.52. The van der Waals surface area contributed by atoms with Crippen molar-refractivity contribution < 1.29 is 27.8 Å². The van der Waals surface area contributed by atoms with Crippen molar-refractivity contribution >= 4 is 11.8 Å². The Kier molecular flexibility index (Phi) is 9.15. The highest BCUT2D eigenvalue weighted by Crippen LogP contribution is 2.14. The Hall–Kier alpha value is -2.06. The van der Waals surface area contributed by atoms with E-state index in [4.69, 9.17) is 9.47 Å². The number of amides is 2. The van der Waals surface area contributed by atoms with Crippen LogP contribution in [-0.4, -0.2) is 63.3 Å². The molecule has 0 aliphatic rings. The summed E-state index contributed by atoms with van der Waals surface area (Å²) in [6.07, 6.45) is 0. The van der Waals surface area contributed by atoms with Crippen LogP contribution in [-0.2, 0) is 14.3 Å². The van der Waals surface area contributed by atoms with Crippen LogP contribution in [0, 0.1) is 17.6 Å². The van der Waals surface area contributed by atoms with Gasteiger partial charge in [0.25, 0.3) is 5.91 Å². The predicted octanol–water partition coefficient (Wildman–Crippen LogP) is 1.84. The maximum atomic E-state index is 13.8. The lowest BCUT2D eigenvalue weighted by Gasteiger charge is -2.29. The van der Waals surface area contributed by atoms with Crippen LogP contribution < -0.4 is 5.32 Å². The zero-order valence-electron chi connectivity index (χ0n) is 15.6. The first kappa shape index (κ1) is 22.0. The molecule has 1 aromatic carbocycles. The standard InChI is InChI=1S/C18H26F2N2O4/c1-12(2)16(18(24)22(8-10-25-3)9-11-26-4)21-17(23)15-13(19)6-5-7-14(15)20/h5-7,12,16H,8-11H2,1-4H3,(H,21,23)/t16-/m0/s1. The molecule has 0 unspecified atom stereocenters. The van der Waals surface area contributed by atoms with Gasteiger partial charge in [0.1, 0.15) is 23.2 Å². The molecule has 0 saturated carbocycles. The van der Waals surface area contributed by atoms with Crippen LogP contribution in [0.2, 0.25) is 0 Å². The van der Waals surface area contributed by atoms with Gasteiger partial charge in [-0.15, -0.1) is 0 Å². The lowest BCUT2D eigenvalue weighted by atomic mass is 10.0. The van der Waals surface area contributed by atoms with Crippen LogP contribution in [0.3, 0.4) is 0 Å². The first-order chi connectivity index (χ1) is 12.3. The molecule has 0 saturated heterocycles. The minimum atomic E-state index is -0.979. The van der Waals surface area contributed by atoms with Crippen LogP contribution in [0.4, 0.5) is 8.78 Å². The molecule has 0 aliphatic carbocycles. The normalized spacial score (nSPS) is 12.1. The number of hydrogen-bond acceptors (Lipinski definition) is 4. The summed E-state index contributed by atoms with van der Waals surface area (Å²) in [5.41, 5.74) is -0.703. The van der Waals surface area contributed by atoms with E-state index in [-0.39, 0.29) is 11.8 Å². The van der Waals surface area contributed by atoms with E-state index in [1.165, 1.54) is 25.2 Å². The van der Waals surface area contributed by atoms with E-state index < -0.39 is 29.1 Å². The quantitative estimate of drug-likeness (QED) is 0.681. The Bertz CT molecular complexity index is 583. The Morgan fingerprint density at radius 1 is 1.08 bits per heavy atom. The summed E-state index contributed by atoms with van der Waals surface area (Å²) in [4.78, 5) is 26.7. The highest BCUT2D eigenvalue weighted by Gasteiger charge is 2.30. The van der Waals surface area contributed by atoms with Crippen LogP contribution in [0.15, 0.2) is 18.2 Å². The molecule has 0 fully saturated rings. The molecule has 0 aliphatic heterocycles. The number of hydrogen-bond donors (Lipinski definition) is 1. The van der Waals surface area contributed by atoms with Crippen LogP contribution in [0.25, 0.3) is 0 Å². The van der Waals surface area contributed by atoms with Crippen LogP contribution in [0.1, 0.15) is 24.2 Å². The second-order valence-corrected chi connectivity index (χ2v) is 6.10. The monoisotopic (exact) mass is 372 g/mol. The van der Waals surface area contributed by atoms with Gasteiger partial charge in [-0.1, -0.05) is 19.9 Å². The Labute approximate surface area is 152 Å². The van der Waals surface area contributed by atoms with Gasteiger partial charge in [0.2, 0.25) is 5.91 Å². The molecule has 0 aromatic heterocycles. The minimum Gasteiger partial charge on any atom is -0.383 e. The van der Waals surface area contributed by atoms with E-state index in [0.717, 1.165) is 12.1 Å². The molecule has 8 heteroatoms. The zero-order valence-corrected chi connectivity index (χ0v) is 15.6. The van der Waals surface area contributed by atoms with Gasteiger partial charge in [-0.25, -0.2) is 8.78 Å². The molecule has 6 nitrogen and oxygen atoms in total. The summed E-state index contributed by atoms with van der Waals surface area (Å²) >= 11 is 0. The third kappa shape index (κ3) is 6.03. The second-order valence-electron chi connectivity index (χ2n) is 6.10. The van der Waals surface area contributed by atoms with Crippen molar-refractivity contribution in [3.8, 4) is 0 Å². The molecule has 0 heterocycles. The van der Waals surface area contributed by atoms with Crippen molar-refractivity contribution in [3.63, 3.8) is 0 Å². The third-order valence-electron chi connectivity index (χ3n) is 3.85. The van der Waals surface area contributed by atoms with Gasteiger partial charge in [0.05, 0.1) is 13.2 Å². The molecular weight excluding hydrogens is 346 g/mol. The number of halogens is 2. The van der Waals surface area contributed by atoms with Crippen molar-refractivity contribution in [3.05, 3.63) is 35.4 Å². The van der Waals surface area contributed by atoms with Crippen molar-refractivity contribution in [2.24, 2.45) is 5.92 Å². The highest BCUT2D eigenvalue weighted by molar-refractivity contribution is 5.98. The molecule has 0 spiro atoms. The topological polar surface area (TPSA) is 67.9 Å². The van der Waals surface area contributed by atoms with Crippen molar-refractivity contribution in [1.29, 1.82) is 0 Å². The first-order valence-corrected chi connectivity index (χ1v) is 8.35. The predicted molar refractivity (Wildman–Crippen MR) is 92.8 cm³/mol. The fraction of sp³-hybridized carbons (Fsp3) is 0.556. The molecule has 0 bridgehead atoms. The molecule has 1 rings (SSSR count). The Balaban J connectivity index is 2.98. The molecule has 1 aromatic rings. The highest BCUT2D eigenvalue weighted by atomic mass is 19.1. The number of benzene rings is 1. The van der Waals surface area contributed by atoms with Gasteiger partial charge >= 0.3 is 0 Å². The largest absolute Gasteiger partial charge is 0.383 e. The summed E-state index contributed by atoms with van der Waals surface area (Å²) in [6, 6.07) is 2.22. The van der Waals surface area contributed by atoms with E-state index in [1.54, 1.807) is 13.8 Å². The Morgan fingerprint density at radius 3 is 2.00 bits per heavy atom. The number of ether oxygens (including phenoxy) is 2. The number of nitrogens with one attached hydrogen (secondary N) is 1. The molecule has 1 atom stereocenters. The molecule has 1 N–H and O–H groups in total. The molecular formula is C18H26F2N2O4. The van der Waals surface area contributed by atoms with Gasteiger partial charge in [-0.05, 0) is 18.1 Å². The number of carbonyl (C=O) groups excluding carboxylic acids is 2. The van der Waals surface area contributed by atoms with Gasteiger partial charge in [0.15, 0.2) is 0 Å². The van der Waals surface area contributed by atoms with Crippen molar-refractivity contribution in [2.45, 2.75) is 19.9 Å². The molecule has 2 amide bonds. The number of nitrogens with zero attached hydrogens (tertiary/aromatic N) is 1. The van der Waals surface area contributed by atoms with Crippen molar-refractivity contribution in [1.82, 2.24) is 10.2 Å². The first-order valence-electron chi connectivity index (χ1n) is 8.35. The summed E-state index contributed by atoms with van der Waals surface area (Å²) < 4.78 is 37.6. The van der Waals surface area contributed by atoms with Gasteiger partial charge in [0, 0.05) is 27.3 Å². The molecule has 0 radical (unpaired) electrons. The lowest BCUT2D eigenvalue weighted by molar-refractivity contribution is -0.135. The summed E-state index contributed by atoms with van der Waals surface area (Å²) in [7, 11) is 3.03. The number of rotatable bonds is 10. The smallest absolute Gasteiger partial charge is 0.257 e. The van der Waals surface area contributed by atoms with E-state index >= 15 is 0 Å². The second kappa shape index (κ2) is 10.8. The SMILES string of the molecule is COCCN(CCOC)C(=O)[C@@H](NC(=O)c1c(F)cccc1F)C(C)C. The molecule has 146 valence electrons. The average molecular weight is 372 g/mol. The van der Waals surface area contributed by atoms with Crippen LogP contribution in [0.5, 0.6) is 0 Å². The number of carbonyl (C=O) groups is 2. The van der Waals surface area contributed by atoms with Gasteiger partial charge in [-0.3, -0.25) is 9.59 Å². The fourth-order valence-electron chi connectivity index (χ4n) is 2.37. The van der Waals surface area contributed by atoms with E-state index in [2.05, 4.69) is 5.32 Å². The summed E-state index contributed by atoms with van der Waals surface area (Å²) in [6.45, 7) is 4.74. The van der Waals surface area contributed by atoms with E-state index in [9.17, 15) is 18.4 Å². The Morgan fingerprint density at radius 2 is 1.58 bits per heavy atom. The van der Waals surface area contributed by atoms with Gasteiger partial charge in [-0.2, -0.15) is 0 Å². The average Bonchev–Trinajstić information content (AvgIpc) is 2.59. The zero-order chi connectivity index (χ0) is 19.7. The van der Waals surface area contributed by atoms with Gasteiger partial charge < -0.3 is 19.7 Å². The maximum absolute atomic E-state index is 13.8. The maximum Gasteiger partial charge on any atom is 0.257 e. The summed E-state index contributed by atoms with van der Waals surface area (Å²) in [5, 5.41) is 2.46.